The molecule has 7 nitrogen and oxygen atoms in total. The first kappa shape index (κ1) is 17.9. The molecule has 1 aliphatic rings. The molecule has 2 rings (SSSR count). The maximum Gasteiger partial charge on any atom is 0.312 e. The summed E-state index contributed by atoms with van der Waals surface area (Å²) in [6.07, 6.45) is -0.0334. The summed E-state index contributed by atoms with van der Waals surface area (Å²) >= 11 is 0. The van der Waals surface area contributed by atoms with Gasteiger partial charge in [-0.1, -0.05) is 18.2 Å². The van der Waals surface area contributed by atoms with E-state index in [9.17, 15) is 14.4 Å². The molecule has 0 spiro atoms. The van der Waals surface area contributed by atoms with Gasteiger partial charge in [-0.2, -0.15) is 0 Å². The number of piperazine rings is 1. The van der Waals surface area contributed by atoms with Gasteiger partial charge in [-0.25, -0.2) is 0 Å². The number of rotatable bonds is 5. The molecule has 1 unspecified atom stereocenters. The number of amides is 2. The Bertz CT molecular complexity index is 624. The molecule has 130 valence electrons. The molecule has 1 fully saturated rings. The first-order chi connectivity index (χ1) is 11.4. The highest BCUT2D eigenvalue weighted by Gasteiger charge is 2.36. The van der Waals surface area contributed by atoms with Crippen molar-refractivity contribution in [3.05, 3.63) is 29.3 Å². The summed E-state index contributed by atoms with van der Waals surface area (Å²) in [4.78, 5) is 36.7. The minimum absolute atomic E-state index is 0.0334. The van der Waals surface area contributed by atoms with Crippen molar-refractivity contribution in [1.82, 2.24) is 5.32 Å². The number of para-hydroxylation sites is 1. The van der Waals surface area contributed by atoms with Crippen molar-refractivity contribution in [3.63, 3.8) is 0 Å². The molecule has 3 N–H and O–H groups in total. The number of nitrogens with one attached hydrogen (secondary N) is 3. The van der Waals surface area contributed by atoms with Gasteiger partial charge in [0.2, 0.25) is 0 Å². The number of carbonyl (C=O) groups is 3. The Hall–Kier alpha value is -2.41. The van der Waals surface area contributed by atoms with E-state index in [1.807, 2.05) is 32.0 Å². The lowest BCUT2D eigenvalue weighted by Gasteiger charge is -2.30. The third-order valence-electron chi connectivity index (χ3n) is 4.29. The number of carbonyl (C=O) groups excluding carboxylic acids is 3. The molecule has 7 heteroatoms. The largest absolute Gasteiger partial charge is 0.469 e. The maximum atomic E-state index is 12.4. The molecule has 24 heavy (non-hydrogen) atoms. The fourth-order valence-electron chi connectivity index (χ4n) is 2.93. The van der Waals surface area contributed by atoms with E-state index >= 15 is 0 Å². The number of quaternary nitrogens is 1. The number of benzene rings is 1. The van der Waals surface area contributed by atoms with Gasteiger partial charge < -0.3 is 20.3 Å². The first-order valence-corrected chi connectivity index (χ1v) is 7.97. The number of esters is 1. The molecular formula is C17H24N3O4+. The quantitative estimate of drug-likeness (QED) is 0.615. The SMILES string of the molecule is COC(=O)C[C@H]1C(=O)NCC[NH+]1CC(=O)Nc1c(C)cccc1C. The molecule has 1 aromatic rings. The second-order valence-corrected chi connectivity index (χ2v) is 6.02. The second-order valence-electron chi connectivity index (χ2n) is 6.02. The maximum absolute atomic E-state index is 12.4. The summed E-state index contributed by atoms with van der Waals surface area (Å²) in [5.74, 6) is -0.849. The standard InChI is InChI=1S/C17H23N3O4/c1-11-5-4-6-12(2)16(11)19-14(21)10-20-8-7-18-17(23)13(20)9-15(22)24-3/h4-6,13H,7-10H2,1-3H3,(H,18,23)(H,19,21)/p+1/t13-/m0/s1. The van der Waals surface area contributed by atoms with E-state index in [0.717, 1.165) is 21.7 Å². The smallest absolute Gasteiger partial charge is 0.312 e. The summed E-state index contributed by atoms with van der Waals surface area (Å²) in [5, 5.41) is 5.65. The zero-order valence-corrected chi connectivity index (χ0v) is 14.3. The minimum Gasteiger partial charge on any atom is -0.469 e. The van der Waals surface area contributed by atoms with Crippen LogP contribution in [0.1, 0.15) is 17.5 Å². The average Bonchev–Trinajstić information content (AvgIpc) is 2.54. The van der Waals surface area contributed by atoms with Gasteiger partial charge in [0.25, 0.3) is 11.8 Å². The molecule has 1 aromatic carbocycles. The molecule has 0 bridgehead atoms. The van der Waals surface area contributed by atoms with E-state index < -0.39 is 12.0 Å². The summed E-state index contributed by atoms with van der Waals surface area (Å²) in [7, 11) is 1.29. The fourth-order valence-corrected chi connectivity index (χ4v) is 2.93. The normalized spacial score (nSPS) is 20.2. The van der Waals surface area contributed by atoms with E-state index in [0.29, 0.717) is 13.1 Å². The highest BCUT2D eigenvalue weighted by Crippen LogP contribution is 2.18. The lowest BCUT2D eigenvalue weighted by molar-refractivity contribution is -0.909. The third-order valence-corrected chi connectivity index (χ3v) is 4.29. The van der Waals surface area contributed by atoms with Gasteiger partial charge in [0.1, 0.15) is 6.42 Å². The van der Waals surface area contributed by atoms with Crippen LogP contribution in [0.5, 0.6) is 0 Å². The predicted molar refractivity (Wildman–Crippen MR) is 88.7 cm³/mol. The number of methoxy groups -OCH3 is 1. The zero-order valence-electron chi connectivity index (χ0n) is 14.3. The van der Waals surface area contributed by atoms with E-state index in [1.165, 1.54) is 7.11 Å². The Morgan fingerprint density at radius 2 is 2.00 bits per heavy atom. The van der Waals surface area contributed by atoms with Crippen LogP contribution in [0.4, 0.5) is 5.69 Å². The molecule has 1 saturated heterocycles. The van der Waals surface area contributed by atoms with Crippen LogP contribution in [0.25, 0.3) is 0 Å². The lowest BCUT2D eigenvalue weighted by atomic mass is 10.1. The van der Waals surface area contributed by atoms with Gasteiger partial charge in [0.15, 0.2) is 12.6 Å². The number of hydrogen-bond donors (Lipinski definition) is 3. The molecule has 0 saturated carbocycles. The number of aryl methyl sites for hydroxylation is 2. The number of hydrogen-bond acceptors (Lipinski definition) is 4. The van der Waals surface area contributed by atoms with Crippen molar-refractivity contribution in [2.45, 2.75) is 26.3 Å². The Kier molecular flexibility index (Phi) is 5.92. The van der Waals surface area contributed by atoms with Gasteiger partial charge in [0.05, 0.1) is 20.2 Å². The molecule has 0 aromatic heterocycles. The summed E-state index contributed by atoms with van der Waals surface area (Å²) in [5.41, 5.74) is 2.77. The van der Waals surface area contributed by atoms with E-state index in [1.54, 1.807) is 0 Å². The minimum atomic E-state index is -0.602. The van der Waals surface area contributed by atoms with Crippen molar-refractivity contribution < 1.29 is 24.0 Å². The second kappa shape index (κ2) is 7.92. The Balaban J connectivity index is 2.05. The molecule has 0 aliphatic carbocycles. The fraction of sp³-hybridized carbons (Fsp3) is 0.471. The summed E-state index contributed by atoms with van der Waals surface area (Å²) in [6.45, 7) is 5.08. The first-order valence-electron chi connectivity index (χ1n) is 7.97. The third kappa shape index (κ3) is 4.32. The van der Waals surface area contributed by atoms with Crippen LogP contribution in [0, 0.1) is 13.8 Å². The monoisotopic (exact) mass is 334 g/mol. The number of ether oxygens (including phenoxy) is 1. The van der Waals surface area contributed by atoms with Crippen molar-refractivity contribution in [2.75, 3.05) is 32.1 Å². The topological polar surface area (TPSA) is 88.9 Å². The highest BCUT2D eigenvalue weighted by atomic mass is 16.5. The van der Waals surface area contributed by atoms with Crippen LogP contribution in [0.15, 0.2) is 18.2 Å². The van der Waals surface area contributed by atoms with E-state index in [-0.39, 0.29) is 24.8 Å². The molecule has 1 heterocycles. The predicted octanol–water partition coefficient (Wildman–Crippen LogP) is -0.812. The Morgan fingerprint density at radius 3 is 2.62 bits per heavy atom. The van der Waals surface area contributed by atoms with Crippen molar-refractivity contribution >= 4 is 23.5 Å². The van der Waals surface area contributed by atoms with Crippen molar-refractivity contribution in [3.8, 4) is 0 Å². The van der Waals surface area contributed by atoms with Crippen molar-refractivity contribution in [1.29, 1.82) is 0 Å². The average molecular weight is 334 g/mol. The van der Waals surface area contributed by atoms with Crippen LogP contribution >= 0.6 is 0 Å². The lowest BCUT2D eigenvalue weighted by Crippen LogP contribution is -3.20. The summed E-state index contributed by atoms with van der Waals surface area (Å²) in [6, 6.07) is 5.20. The highest BCUT2D eigenvalue weighted by molar-refractivity contribution is 5.93. The van der Waals surface area contributed by atoms with E-state index in [2.05, 4.69) is 15.4 Å². The Morgan fingerprint density at radius 1 is 1.33 bits per heavy atom. The van der Waals surface area contributed by atoms with Crippen molar-refractivity contribution in [2.24, 2.45) is 0 Å². The summed E-state index contributed by atoms with van der Waals surface area (Å²) < 4.78 is 4.65. The van der Waals surface area contributed by atoms with Gasteiger partial charge in [0, 0.05) is 5.69 Å². The number of anilines is 1. The molecule has 1 aliphatic heterocycles. The van der Waals surface area contributed by atoms with Crippen LogP contribution in [-0.2, 0) is 19.1 Å². The van der Waals surface area contributed by atoms with Gasteiger partial charge in [-0.15, -0.1) is 0 Å². The van der Waals surface area contributed by atoms with Crippen LogP contribution in [0.3, 0.4) is 0 Å². The molecule has 2 atom stereocenters. The van der Waals surface area contributed by atoms with Gasteiger partial charge in [-0.3, -0.25) is 14.4 Å². The van der Waals surface area contributed by atoms with Crippen LogP contribution in [0.2, 0.25) is 0 Å². The molecule has 2 amide bonds. The molecule has 0 radical (unpaired) electrons. The van der Waals surface area contributed by atoms with Crippen LogP contribution in [-0.4, -0.2) is 50.6 Å². The Labute approximate surface area is 141 Å². The molecular weight excluding hydrogens is 310 g/mol. The zero-order chi connectivity index (χ0) is 17.7. The van der Waals surface area contributed by atoms with Gasteiger partial charge in [-0.05, 0) is 25.0 Å². The van der Waals surface area contributed by atoms with Crippen LogP contribution < -0.4 is 15.5 Å². The van der Waals surface area contributed by atoms with E-state index in [4.69, 9.17) is 0 Å². The van der Waals surface area contributed by atoms with Gasteiger partial charge >= 0.3 is 5.97 Å².